The predicted molar refractivity (Wildman–Crippen MR) is 111 cm³/mol. The second-order valence-corrected chi connectivity index (χ2v) is 16.1. The summed E-state index contributed by atoms with van der Waals surface area (Å²) in [6, 6.07) is 32.8. The van der Waals surface area contributed by atoms with Gasteiger partial charge in [-0.15, -0.1) is 0 Å². The molecule has 0 aliphatic heterocycles. The van der Waals surface area contributed by atoms with Crippen molar-refractivity contribution in [3.8, 4) is 0 Å². The SMILES string of the molecule is C[CH2][Sn][CH2]C.c1cc[c]([Ge]([c]2ccccc2)[c]2ccccc2)cc1. The van der Waals surface area contributed by atoms with Crippen LogP contribution < -0.4 is 13.2 Å². The second-order valence-electron chi connectivity index (χ2n) is 5.43. The first kappa shape index (κ1) is 19.3. The van der Waals surface area contributed by atoms with Gasteiger partial charge < -0.3 is 0 Å². The third-order valence-electron chi connectivity index (χ3n) is 3.69. The molecule has 0 aliphatic carbocycles. The van der Waals surface area contributed by atoms with Gasteiger partial charge in [0.1, 0.15) is 0 Å². The predicted octanol–water partition coefficient (Wildman–Crippen LogP) is 3.77. The van der Waals surface area contributed by atoms with Crippen molar-refractivity contribution < 1.29 is 0 Å². The van der Waals surface area contributed by atoms with E-state index in [2.05, 4.69) is 105 Å². The van der Waals surface area contributed by atoms with E-state index < -0.39 is 14.3 Å². The summed E-state index contributed by atoms with van der Waals surface area (Å²) >= 11 is -1.41. The van der Waals surface area contributed by atoms with E-state index in [1.807, 2.05) is 0 Å². The second kappa shape index (κ2) is 11.5. The molecule has 3 rings (SSSR count). The van der Waals surface area contributed by atoms with Gasteiger partial charge in [-0.3, -0.25) is 0 Å². The maximum atomic E-state index is 2.29. The van der Waals surface area contributed by atoms with Crippen LogP contribution in [0.25, 0.3) is 0 Å². The Hall–Kier alpha value is -0.998. The van der Waals surface area contributed by atoms with Crippen molar-refractivity contribution in [1.29, 1.82) is 0 Å². The molecule has 3 radical (unpaired) electrons. The van der Waals surface area contributed by atoms with Gasteiger partial charge in [0.15, 0.2) is 0 Å². The van der Waals surface area contributed by atoms with Gasteiger partial charge in [-0.2, -0.15) is 0 Å². The molecule has 0 heterocycles. The van der Waals surface area contributed by atoms with E-state index >= 15 is 0 Å². The zero-order valence-electron chi connectivity index (χ0n) is 14.6. The fourth-order valence-electron chi connectivity index (χ4n) is 2.56. The van der Waals surface area contributed by atoms with Crippen molar-refractivity contribution in [1.82, 2.24) is 0 Å². The van der Waals surface area contributed by atoms with Crippen molar-refractivity contribution in [2.45, 2.75) is 22.7 Å². The third-order valence-corrected chi connectivity index (χ3v) is 12.3. The molecule has 2 heteroatoms. The summed E-state index contributed by atoms with van der Waals surface area (Å²) in [5.41, 5.74) is 0. The Kier molecular flexibility index (Phi) is 9.29. The van der Waals surface area contributed by atoms with Gasteiger partial charge in [0.2, 0.25) is 0 Å². The van der Waals surface area contributed by atoms with Gasteiger partial charge in [0, 0.05) is 0 Å². The standard InChI is InChI=1S/C18H15Ge.2C2H5.Sn/c1-4-10-16(11-5-1)19(17-12-6-2-7-13-17)18-14-8-3-9-15-18;2*1-2;/h1-15H;2*1H2,2H3;. The Balaban J connectivity index is 0.000000368. The number of benzene rings is 3. The van der Waals surface area contributed by atoms with Crippen LogP contribution >= 0.6 is 0 Å². The molecule has 0 atom stereocenters. The summed E-state index contributed by atoms with van der Waals surface area (Å²) in [6.45, 7) is 4.57. The molecule has 0 amide bonds. The quantitative estimate of drug-likeness (QED) is 0.488. The molecule has 0 spiro atoms. The van der Waals surface area contributed by atoms with Crippen LogP contribution in [0.2, 0.25) is 8.87 Å². The summed E-state index contributed by atoms with van der Waals surface area (Å²) < 4.78 is 7.53. The van der Waals surface area contributed by atoms with E-state index in [-0.39, 0.29) is 21.1 Å². The van der Waals surface area contributed by atoms with Crippen molar-refractivity contribution in [3.63, 3.8) is 0 Å². The molecule has 24 heavy (non-hydrogen) atoms. The van der Waals surface area contributed by atoms with Gasteiger partial charge in [0.25, 0.3) is 0 Å². The van der Waals surface area contributed by atoms with Crippen LogP contribution in [0.4, 0.5) is 0 Å². The Morgan fingerprint density at radius 2 is 0.833 bits per heavy atom. The zero-order valence-corrected chi connectivity index (χ0v) is 19.5. The fraction of sp³-hybridized carbons (Fsp3) is 0.182. The molecule has 121 valence electrons. The molecule has 0 saturated carbocycles. The van der Waals surface area contributed by atoms with Crippen LogP contribution in [0.3, 0.4) is 0 Å². The van der Waals surface area contributed by atoms with Crippen molar-refractivity contribution in [2.75, 3.05) is 0 Å². The van der Waals surface area contributed by atoms with Gasteiger partial charge in [0.05, 0.1) is 0 Å². The number of hydrogen-bond donors (Lipinski definition) is 0. The maximum absolute atomic E-state index is 2.29. The minimum absolute atomic E-state index is 0.218. The van der Waals surface area contributed by atoms with Crippen LogP contribution in [-0.2, 0) is 0 Å². The Labute approximate surface area is 161 Å². The van der Waals surface area contributed by atoms with Crippen LogP contribution in [0.1, 0.15) is 13.8 Å². The summed E-state index contributed by atoms with van der Waals surface area (Å²) in [6.07, 6.45) is 0. The molecule has 0 N–H and O–H groups in total. The first-order valence-corrected chi connectivity index (χ1v) is 15.8. The fourth-order valence-corrected chi connectivity index (χ4v) is 9.40. The molecule has 0 bridgehead atoms. The van der Waals surface area contributed by atoms with E-state index in [4.69, 9.17) is 0 Å². The molecule has 0 fully saturated rings. The van der Waals surface area contributed by atoms with Gasteiger partial charge >= 0.3 is 162 Å². The molecule has 3 aromatic carbocycles. The molecular formula is C22H25GeSn. The van der Waals surface area contributed by atoms with E-state index in [9.17, 15) is 0 Å². The molecule has 3 aromatic rings. The normalized spacial score (nSPS) is 10.1. The summed E-state index contributed by atoms with van der Waals surface area (Å²) in [7, 11) is 0. The van der Waals surface area contributed by atoms with Gasteiger partial charge in [-0.25, -0.2) is 0 Å². The summed E-state index contributed by atoms with van der Waals surface area (Å²) in [5.74, 6) is 0. The van der Waals surface area contributed by atoms with Crippen molar-refractivity contribution in [3.05, 3.63) is 91.0 Å². The van der Waals surface area contributed by atoms with E-state index in [1.54, 1.807) is 0 Å². The average Bonchev–Trinajstić information content (AvgIpc) is 2.66. The first-order chi connectivity index (χ1) is 11.9. The van der Waals surface area contributed by atoms with Crippen LogP contribution in [0.15, 0.2) is 91.0 Å². The summed E-state index contributed by atoms with van der Waals surface area (Å²) in [4.78, 5) is 0. The monoisotopic (exact) mass is 483 g/mol. The minimum atomic E-state index is -1.63. The molecule has 0 unspecified atom stereocenters. The Morgan fingerprint density at radius 1 is 0.542 bits per heavy atom. The zero-order chi connectivity index (χ0) is 17.0. The Morgan fingerprint density at radius 3 is 1.04 bits per heavy atom. The van der Waals surface area contributed by atoms with E-state index in [1.165, 1.54) is 22.1 Å². The van der Waals surface area contributed by atoms with Crippen molar-refractivity contribution in [2.24, 2.45) is 0 Å². The molecule has 0 aromatic heterocycles. The molecule has 0 nitrogen and oxygen atoms in total. The van der Waals surface area contributed by atoms with E-state index in [0.717, 1.165) is 0 Å². The van der Waals surface area contributed by atoms with Crippen molar-refractivity contribution >= 4 is 48.7 Å². The average molecular weight is 481 g/mol. The molecular weight excluding hydrogens is 456 g/mol. The molecule has 0 saturated heterocycles. The summed E-state index contributed by atoms with van der Waals surface area (Å²) in [5, 5.41) is 0. The molecule has 0 aliphatic rings. The van der Waals surface area contributed by atoms with Gasteiger partial charge in [-0.1, -0.05) is 0 Å². The topological polar surface area (TPSA) is 0 Å². The van der Waals surface area contributed by atoms with Crippen LogP contribution in [0, 0.1) is 0 Å². The van der Waals surface area contributed by atoms with Crippen LogP contribution in [0.5, 0.6) is 0 Å². The van der Waals surface area contributed by atoms with Crippen LogP contribution in [-0.4, -0.2) is 35.5 Å². The Bertz CT molecular complexity index is 572. The van der Waals surface area contributed by atoms with E-state index in [0.29, 0.717) is 0 Å². The third kappa shape index (κ3) is 6.14. The number of rotatable bonds is 5. The number of hydrogen-bond acceptors (Lipinski definition) is 0. The first-order valence-electron chi connectivity index (χ1n) is 8.60. The van der Waals surface area contributed by atoms with Gasteiger partial charge in [-0.05, 0) is 0 Å².